The van der Waals surface area contributed by atoms with Gasteiger partial charge in [0.1, 0.15) is 0 Å². The maximum atomic E-state index is 11.0. The number of para-hydroxylation sites is 1. The second kappa shape index (κ2) is 6.38. The molecule has 4 heteroatoms. The zero-order chi connectivity index (χ0) is 13.7. The van der Waals surface area contributed by atoms with Crippen LogP contribution < -0.4 is 11.1 Å². The third kappa shape index (κ3) is 3.58. The van der Waals surface area contributed by atoms with Crippen LogP contribution in [0.5, 0.6) is 0 Å². The molecule has 0 fully saturated rings. The van der Waals surface area contributed by atoms with Crippen LogP contribution in [0.3, 0.4) is 0 Å². The van der Waals surface area contributed by atoms with Gasteiger partial charge in [-0.05, 0) is 24.1 Å². The first-order valence-corrected chi connectivity index (χ1v) is 7.27. The van der Waals surface area contributed by atoms with E-state index < -0.39 is 0 Å². The molecule has 0 spiro atoms. The lowest BCUT2D eigenvalue weighted by atomic mass is 10.1. The number of anilines is 1. The van der Waals surface area contributed by atoms with E-state index in [4.69, 9.17) is 5.73 Å². The van der Waals surface area contributed by atoms with Gasteiger partial charge in [0.2, 0.25) is 5.91 Å². The van der Waals surface area contributed by atoms with Crippen molar-refractivity contribution in [3.63, 3.8) is 0 Å². The van der Waals surface area contributed by atoms with E-state index in [9.17, 15) is 4.79 Å². The Morgan fingerprint density at radius 2 is 2.16 bits per heavy atom. The molecule has 0 saturated carbocycles. The number of hydrogen-bond acceptors (Lipinski definition) is 3. The fraction of sp³-hybridized carbons (Fsp3) is 0.267. The topological polar surface area (TPSA) is 55.1 Å². The van der Waals surface area contributed by atoms with Gasteiger partial charge in [0.15, 0.2) is 0 Å². The van der Waals surface area contributed by atoms with Crippen LogP contribution >= 0.6 is 11.3 Å². The Morgan fingerprint density at radius 3 is 2.84 bits per heavy atom. The predicted octanol–water partition coefficient (Wildman–Crippen LogP) is 3.41. The van der Waals surface area contributed by atoms with Crippen molar-refractivity contribution >= 4 is 22.9 Å². The highest BCUT2D eigenvalue weighted by Crippen LogP contribution is 2.20. The van der Waals surface area contributed by atoms with Gasteiger partial charge in [0, 0.05) is 22.5 Å². The Bertz CT molecular complexity index is 563. The Hall–Kier alpha value is -1.81. The highest BCUT2D eigenvalue weighted by molar-refractivity contribution is 7.10. The van der Waals surface area contributed by atoms with E-state index in [1.165, 1.54) is 11.3 Å². The molecule has 0 atom stereocenters. The van der Waals surface area contributed by atoms with Gasteiger partial charge >= 0.3 is 0 Å². The fourth-order valence-corrected chi connectivity index (χ4v) is 2.78. The van der Waals surface area contributed by atoms with Crippen LogP contribution in [0.2, 0.25) is 0 Å². The minimum atomic E-state index is -0.367. The zero-order valence-electron chi connectivity index (χ0n) is 11.0. The average Bonchev–Trinajstić information content (AvgIpc) is 2.87. The molecular formula is C15H18N2OS. The van der Waals surface area contributed by atoms with Gasteiger partial charge in [-0.1, -0.05) is 31.5 Å². The van der Waals surface area contributed by atoms with Gasteiger partial charge in [-0.2, -0.15) is 0 Å². The lowest BCUT2D eigenvalue weighted by molar-refractivity contribution is 0.100. The van der Waals surface area contributed by atoms with Gasteiger partial charge in [-0.3, -0.25) is 4.79 Å². The van der Waals surface area contributed by atoms with Crippen molar-refractivity contribution in [3.05, 3.63) is 51.7 Å². The molecule has 0 radical (unpaired) electrons. The van der Waals surface area contributed by atoms with Crippen LogP contribution in [0.25, 0.3) is 0 Å². The first kappa shape index (κ1) is 13.6. The van der Waals surface area contributed by atoms with E-state index in [2.05, 4.69) is 30.4 Å². The standard InChI is InChI=1S/C15H18N2OS/c1-2-5-11-6-3-4-7-14(11)17-9-13-8-12(10-19-13)15(16)18/h3-4,6-8,10,17H,2,5,9H2,1H3,(H2,16,18). The van der Waals surface area contributed by atoms with Crippen LogP contribution in [-0.4, -0.2) is 5.91 Å². The molecule has 0 aliphatic rings. The van der Waals surface area contributed by atoms with Gasteiger partial charge < -0.3 is 11.1 Å². The van der Waals surface area contributed by atoms with Gasteiger partial charge in [0.05, 0.1) is 5.56 Å². The second-order valence-electron chi connectivity index (χ2n) is 4.43. The molecule has 3 N–H and O–H groups in total. The summed E-state index contributed by atoms with van der Waals surface area (Å²) >= 11 is 1.55. The van der Waals surface area contributed by atoms with E-state index in [1.807, 2.05) is 12.1 Å². The first-order chi connectivity index (χ1) is 9.20. The number of amides is 1. The number of primary amides is 1. The van der Waals surface area contributed by atoms with E-state index >= 15 is 0 Å². The maximum absolute atomic E-state index is 11.0. The summed E-state index contributed by atoms with van der Waals surface area (Å²) < 4.78 is 0. The van der Waals surface area contributed by atoms with Crippen molar-refractivity contribution in [2.24, 2.45) is 5.73 Å². The summed E-state index contributed by atoms with van der Waals surface area (Å²) in [6.45, 7) is 2.90. The zero-order valence-corrected chi connectivity index (χ0v) is 11.8. The largest absolute Gasteiger partial charge is 0.380 e. The Labute approximate surface area is 117 Å². The van der Waals surface area contributed by atoms with Crippen molar-refractivity contribution < 1.29 is 4.79 Å². The van der Waals surface area contributed by atoms with Gasteiger partial charge in [-0.25, -0.2) is 0 Å². The van der Waals surface area contributed by atoms with Gasteiger partial charge in [-0.15, -0.1) is 11.3 Å². The molecule has 1 aromatic carbocycles. The van der Waals surface area contributed by atoms with Crippen LogP contribution in [0.1, 0.15) is 34.1 Å². The summed E-state index contributed by atoms with van der Waals surface area (Å²) in [7, 11) is 0. The van der Waals surface area contributed by atoms with E-state index in [1.54, 1.807) is 16.7 Å². The summed E-state index contributed by atoms with van der Waals surface area (Å²) in [4.78, 5) is 12.1. The first-order valence-electron chi connectivity index (χ1n) is 6.39. The molecular weight excluding hydrogens is 256 g/mol. The molecule has 0 bridgehead atoms. The SMILES string of the molecule is CCCc1ccccc1NCc1cc(C(N)=O)cs1. The maximum Gasteiger partial charge on any atom is 0.249 e. The number of rotatable bonds is 6. The number of thiophene rings is 1. The lowest BCUT2D eigenvalue weighted by Gasteiger charge is -2.10. The normalized spacial score (nSPS) is 10.4. The number of nitrogens with one attached hydrogen (secondary N) is 1. The molecule has 3 nitrogen and oxygen atoms in total. The monoisotopic (exact) mass is 274 g/mol. The summed E-state index contributed by atoms with van der Waals surface area (Å²) in [5.41, 5.74) is 8.33. The molecule has 2 aromatic rings. The molecule has 2 rings (SSSR count). The number of carbonyl (C=O) groups is 1. The van der Waals surface area contributed by atoms with Crippen molar-refractivity contribution in [2.45, 2.75) is 26.3 Å². The van der Waals surface area contributed by atoms with E-state index in [0.717, 1.165) is 24.3 Å². The van der Waals surface area contributed by atoms with Crippen LogP contribution in [0, 0.1) is 0 Å². The molecule has 100 valence electrons. The summed E-state index contributed by atoms with van der Waals surface area (Å²) in [5.74, 6) is -0.367. The average molecular weight is 274 g/mol. The number of benzene rings is 1. The molecule has 0 saturated heterocycles. The number of carbonyl (C=O) groups excluding carboxylic acids is 1. The van der Waals surface area contributed by atoms with Crippen molar-refractivity contribution in [1.82, 2.24) is 0 Å². The summed E-state index contributed by atoms with van der Waals surface area (Å²) in [5, 5.41) is 5.23. The minimum Gasteiger partial charge on any atom is -0.380 e. The Morgan fingerprint density at radius 1 is 1.37 bits per heavy atom. The smallest absolute Gasteiger partial charge is 0.249 e. The molecule has 19 heavy (non-hydrogen) atoms. The third-order valence-corrected chi connectivity index (χ3v) is 3.86. The second-order valence-corrected chi connectivity index (χ2v) is 5.42. The number of aryl methyl sites for hydroxylation is 1. The van der Waals surface area contributed by atoms with Crippen molar-refractivity contribution in [2.75, 3.05) is 5.32 Å². The lowest BCUT2D eigenvalue weighted by Crippen LogP contribution is -2.09. The molecule has 1 aromatic heterocycles. The highest BCUT2D eigenvalue weighted by Gasteiger charge is 2.05. The third-order valence-electron chi connectivity index (χ3n) is 2.93. The fourth-order valence-electron chi connectivity index (χ4n) is 1.97. The highest BCUT2D eigenvalue weighted by atomic mass is 32.1. The van der Waals surface area contributed by atoms with E-state index in [0.29, 0.717) is 5.56 Å². The summed E-state index contributed by atoms with van der Waals surface area (Å²) in [6, 6.07) is 10.2. The van der Waals surface area contributed by atoms with Gasteiger partial charge in [0.25, 0.3) is 0 Å². The molecule has 0 aliphatic heterocycles. The molecule has 0 aliphatic carbocycles. The van der Waals surface area contributed by atoms with E-state index in [-0.39, 0.29) is 5.91 Å². The number of nitrogens with two attached hydrogens (primary N) is 1. The quantitative estimate of drug-likeness (QED) is 0.848. The van der Waals surface area contributed by atoms with Crippen LogP contribution in [-0.2, 0) is 13.0 Å². The molecule has 1 amide bonds. The van der Waals surface area contributed by atoms with Crippen LogP contribution in [0.15, 0.2) is 35.7 Å². The molecule has 0 unspecified atom stereocenters. The summed E-state index contributed by atoms with van der Waals surface area (Å²) in [6.07, 6.45) is 2.20. The van der Waals surface area contributed by atoms with Crippen molar-refractivity contribution in [3.8, 4) is 0 Å². The molecule has 1 heterocycles. The minimum absolute atomic E-state index is 0.367. The van der Waals surface area contributed by atoms with Crippen molar-refractivity contribution in [1.29, 1.82) is 0 Å². The van der Waals surface area contributed by atoms with Crippen LogP contribution in [0.4, 0.5) is 5.69 Å². The number of hydrogen-bond donors (Lipinski definition) is 2. The Kier molecular flexibility index (Phi) is 4.58. The Balaban J connectivity index is 2.03. The predicted molar refractivity (Wildman–Crippen MR) is 80.6 cm³/mol.